The predicted octanol–water partition coefficient (Wildman–Crippen LogP) is 3.25. The first-order valence-electron chi connectivity index (χ1n) is 6.59. The number of hydrogen-bond acceptors (Lipinski definition) is 2. The van der Waals surface area contributed by atoms with E-state index in [1.807, 2.05) is 0 Å². The maximum absolute atomic E-state index is 12.5. The molecule has 0 spiro atoms. The van der Waals surface area contributed by atoms with Crippen LogP contribution in [-0.4, -0.2) is 23.7 Å². The number of amides is 1. The van der Waals surface area contributed by atoms with Crippen LogP contribution in [0.4, 0.5) is 13.2 Å². The molecule has 2 rings (SSSR count). The van der Waals surface area contributed by atoms with Crippen LogP contribution in [0.25, 0.3) is 0 Å². The van der Waals surface area contributed by atoms with Gasteiger partial charge in [0, 0.05) is 12.6 Å². The number of aliphatic hydroxyl groups is 1. The van der Waals surface area contributed by atoms with E-state index >= 15 is 0 Å². The van der Waals surface area contributed by atoms with Gasteiger partial charge in [-0.25, -0.2) is 0 Å². The van der Waals surface area contributed by atoms with Crippen LogP contribution in [0.2, 0.25) is 5.02 Å². The Morgan fingerprint density at radius 3 is 2.62 bits per heavy atom. The topological polar surface area (TPSA) is 49.3 Å². The predicted molar refractivity (Wildman–Crippen MR) is 72.1 cm³/mol. The lowest BCUT2D eigenvalue weighted by Gasteiger charge is -2.14. The number of halogens is 4. The van der Waals surface area contributed by atoms with E-state index in [1.165, 1.54) is 0 Å². The molecule has 0 saturated heterocycles. The van der Waals surface area contributed by atoms with Crippen LogP contribution in [0.3, 0.4) is 0 Å². The van der Waals surface area contributed by atoms with E-state index in [1.54, 1.807) is 0 Å². The molecule has 0 unspecified atom stereocenters. The molecule has 0 radical (unpaired) electrons. The first-order chi connectivity index (χ1) is 9.81. The number of benzene rings is 1. The molecule has 1 aromatic rings. The van der Waals surface area contributed by atoms with E-state index in [4.69, 9.17) is 16.7 Å². The van der Waals surface area contributed by atoms with Gasteiger partial charge in [-0.2, -0.15) is 13.2 Å². The van der Waals surface area contributed by atoms with Crippen molar-refractivity contribution in [1.29, 1.82) is 0 Å². The molecular weight excluding hydrogens is 307 g/mol. The highest BCUT2D eigenvalue weighted by atomic mass is 35.5. The van der Waals surface area contributed by atoms with Crippen molar-refractivity contribution in [3.63, 3.8) is 0 Å². The fourth-order valence-electron chi connectivity index (χ4n) is 2.51. The van der Waals surface area contributed by atoms with E-state index in [0.29, 0.717) is 6.42 Å². The van der Waals surface area contributed by atoms with Crippen LogP contribution in [0.1, 0.15) is 35.2 Å². The van der Waals surface area contributed by atoms with Gasteiger partial charge in [-0.15, -0.1) is 0 Å². The molecule has 1 aromatic carbocycles. The third kappa shape index (κ3) is 3.89. The van der Waals surface area contributed by atoms with Crippen molar-refractivity contribution in [2.24, 2.45) is 5.92 Å². The van der Waals surface area contributed by atoms with Crippen molar-refractivity contribution in [3.05, 3.63) is 34.3 Å². The van der Waals surface area contributed by atoms with Crippen LogP contribution in [0.5, 0.6) is 0 Å². The summed E-state index contributed by atoms with van der Waals surface area (Å²) in [5.41, 5.74) is -0.859. The molecule has 1 saturated carbocycles. The fraction of sp³-hybridized carbons (Fsp3) is 0.500. The Morgan fingerprint density at radius 2 is 2.10 bits per heavy atom. The van der Waals surface area contributed by atoms with Gasteiger partial charge in [-0.1, -0.05) is 11.6 Å². The van der Waals surface area contributed by atoms with Gasteiger partial charge in [-0.05, 0) is 43.4 Å². The van der Waals surface area contributed by atoms with Crippen molar-refractivity contribution in [2.45, 2.75) is 31.5 Å². The molecule has 116 valence electrons. The van der Waals surface area contributed by atoms with Crippen LogP contribution in [-0.2, 0) is 6.18 Å². The Morgan fingerprint density at radius 1 is 1.38 bits per heavy atom. The van der Waals surface area contributed by atoms with Crippen LogP contribution >= 0.6 is 11.6 Å². The Labute approximate surface area is 125 Å². The van der Waals surface area contributed by atoms with Gasteiger partial charge in [0.25, 0.3) is 5.91 Å². The second-order valence-corrected chi connectivity index (χ2v) is 5.63. The van der Waals surface area contributed by atoms with Crippen molar-refractivity contribution >= 4 is 17.5 Å². The molecule has 0 heterocycles. The van der Waals surface area contributed by atoms with E-state index in [9.17, 15) is 18.0 Å². The molecule has 3 nitrogen and oxygen atoms in total. The van der Waals surface area contributed by atoms with E-state index in [0.717, 1.165) is 31.0 Å². The number of alkyl halides is 3. The van der Waals surface area contributed by atoms with Crippen molar-refractivity contribution in [1.82, 2.24) is 5.32 Å². The zero-order valence-electron chi connectivity index (χ0n) is 11.1. The number of carbonyl (C=O) groups excluding carboxylic acids is 1. The van der Waals surface area contributed by atoms with Gasteiger partial charge in [-0.3, -0.25) is 4.79 Å². The number of carbonyl (C=O) groups is 1. The molecule has 21 heavy (non-hydrogen) atoms. The summed E-state index contributed by atoms with van der Waals surface area (Å²) in [5, 5.41) is 11.6. The highest BCUT2D eigenvalue weighted by Gasteiger charge is 2.32. The van der Waals surface area contributed by atoms with E-state index in [2.05, 4.69) is 5.32 Å². The average molecular weight is 322 g/mol. The molecule has 1 aliphatic carbocycles. The van der Waals surface area contributed by atoms with Gasteiger partial charge in [0.2, 0.25) is 0 Å². The van der Waals surface area contributed by atoms with E-state index < -0.39 is 17.6 Å². The first kappa shape index (κ1) is 16.1. The van der Waals surface area contributed by atoms with Gasteiger partial charge in [0.15, 0.2) is 0 Å². The molecule has 0 bridgehead atoms. The third-order valence-corrected chi connectivity index (χ3v) is 3.99. The van der Waals surface area contributed by atoms with Gasteiger partial charge < -0.3 is 10.4 Å². The molecule has 1 aliphatic rings. The Bertz CT molecular complexity index is 533. The standard InChI is InChI=1S/C14H15ClF3NO2/c15-12-6-9(14(16,17)18)2-4-11(12)13(21)19-10-3-1-8(5-10)7-20/h2,4,6,8,10,20H,1,3,5,7H2,(H,19,21)/t8-,10+/m1/s1. The summed E-state index contributed by atoms with van der Waals surface area (Å²) < 4.78 is 37.6. The molecule has 1 amide bonds. The number of nitrogens with one attached hydrogen (secondary N) is 1. The number of hydrogen-bond donors (Lipinski definition) is 2. The lowest BCUT2D eigenvalue weighted by molar-refractivity contribution is -0.137. The molecule has 7 heteroatoms. The third-order valence-electron chi connectivity index (χ3n) is 3.68. The minimum absolute atomic E-state index is 0.0251. The highest BCUT2D eigenvalue weighted by Crippen LogP contribution is 2.32. The highest BCUT2D eigenvalue weighted by molar-refractivity contribution is 6.33. The first-order valence-corrected chi connectivity index (χ1v) is 6.97. The van der Waals surface area contributed by atoms with Crippen LogP contribution in [0.15, 0.2) is 18.2 Å². The maximum atomic E-state index is 12.5. The summed E-state index contributed by atoms with van der Waals surface area (Å²) in [5.74, 6) is -0.323. The maximum Gasteiger partial charge on any atom is 0.416 e. The fourth-order valence-corrected chi connectivity index (χ4v) is 2.78. The number of aliphatic hydroxyl groups excluding tert-OH is 1. The second-order valence-electron chi connectivity index (χ2n) is 5.22. The summed E-state index contributed by atoms with van der Waals surface area (Å²) in [6.07, 6.45) is -2.25. The normalized spacial score (nSPS) is 22.3. The minimum atomic E-state index is -4.49. The van der Waals surface area contributed by atoms with Crippen molar-refractivity contribution < 1.29 is 23.1 Å². The van der Waals surface area contributed by atoms with Crippen LogP contribution in [0, 0.1) is 5.92 Å². The van der Waals surface area contributed by atoms with E-state index in [-0.39, 0.29) is 29.2 Å². The van der Waals surface area contributed by atoms with Crippen molar-refractivity contribution in [3.8, 4) is 0 Å². The monoisotopic (exact) mass is 321 g/mol. The molecule has 2 N–H and O–H groups in total. The zero-order chi connectivity index (χ0) is 15.6. The SMILES string of the molecule is O=C(N[C@H]1CC[C@@H](CO)C1)c1ccc(C(F)(F)F)cc1Cl. The molecule has 1 fully saturated rings. The summed E-state index contributed by atoms with van der Waals surface area (Å²) in [6.45, 7) is 0.0768. The Kier molecular flexibility index (Phi) is 4.78. The van der Waals surface area contributed by atoms with Crippen LogP contribution < -0.4 is 5.32 Å². The van der Waals surface area contributed by atoms with Gasteiger partial charge in [0.1, 0.15) is 0 Å². The lowest BCUT2D eigenvalue weighted by atomic mass is 10.1. The van der Waals surface area contributed by atoms with Gasteiger partial charge >= 0.3 is 6.18 Å². The lowest BCUT2D eigenvalue weighted by Crippen LogP contribution is -2.33. The molecule has 2 atom stereocenters. The average Bonchev–Trinajstić information content (AvgIpc) is 2.85. The summed E-state index contributed by atoms with van der Waals surface area (Å²) in [7, 11) is 0. The smallest absolute Gasteiger partial charge is 0.396 e. The zero-order valence-corrected chi connectivity index (χ0v) is 11.8. The molecule has 0 aromatic heterocycles. The minimum Gasteiger partial charge on any atom is -0.396 e. The van der Waals surface area contributed by atoms with Crippen molar-refractivity contribution in [2.75, 3.05) is 6.61 Å². The largest absolute Gasteiger partial charge is 0.416 e. The second kappa shape index (κ2) is 6.23. The summed E-state index contributed by atoms with van der Waals surface area (Å²) >= 11 is 5.77. The summed E-state index contributed by atoms with van der Waals surface area (Å²) in [4.78, 5) is 12.0. The molecule has 0 aliphatic heterocycles. The Balaban J connectivity index is 2.06. The quantitative estimate of drug-likeness (QED) is 0.898. The Hall–Kier alpha value is -1.27. The van der Waals surface area contributed by atoms with Gasteiger partial charge in [0.05, 0.1) is 16.1 Å². The summed E-state index contributed by atoms with van der Waals surface area (Å²) in [6, 6.07) is 2.60. The number of rotatable bonds is 3. The molecular formula is C14H15ClF3NO2.